The predicted molar refractivity (Wildman–Crippen MR) is 76.0 cm³/mol. The summed E-state index contributed by atoms with van der Waals surface area (Å²) in [6.45, 7) is 3.63. The second-order valence-corrected chi connectivity index (χ2v) is 4.66. The summed E-state index contributed by atoms with van der Waals surface area (Å²) in [4.78, 5) is 24.3. The van der Waals surface area contributed by atoms with E-state index < -0.39 is 5.97 Å². The van der Waals surface area contributed by atoms with Crippen molar-refractivity contribution in [3.8, 4) is 5.75 Å². The first-order chi connectivity index (χ1) is 9.43. The normalized spacial score (nSPS) is 10.0. The number of carbonyl (C=O) groups excluding carboxylic acids is 2. The molecule has 0 unspecified atom stereocenters. The van der Waals surface area contributed by atoms with Crippen molar-refractivity contribution in [1.29, 1.82) is 0 Å². The molecule has 110 valence electrons. The van der Waals surface area contributed by atoms with Crippen LogP contribution in [-0.2, 0) is 14.3 Å². The summed E-state index contributed by atoms with van der Waals surface area (Å²) in [5, 5.41) is 0.642. The van der Waals surface area contributed by atoms with Gasteiger partial charge in [-0.2, -0.15) is 0 Å². The Morgan fingerprint density at radius 3 is 2.65 bits per heavy atom. The number of benzene rings is 1. The first kappa shape index (κ1) is 16.3. The lowest BCUT2D eigenvalue weighted by Crippen LogP contribution is -2.36. The van der Waals surface area contributed by atoms with Crippen molar-refractivity contribution in [1.82, 2.24) is 4.90 Å². The first-order valence-corrected chi connectivity index (χ1v) is 6.60. The number of likely N-dealkylation sites (N-methyl/N-ethyl adjacent to an activating group) is 1. The number of hydrogen-bond donors (Lipinski definition) is 0. The average molecular weight is 300 g/mol. The predicted octanol–water partition coefficient (Wildman–Crippen LogP) is 2.05. The molecule has 1 aromatic rings. The van der Waals surface area contributed by atoms with Gasteiger partial charge in [0.15, 0.2) is 6.61 Å². The van der Waals surface area contributed by atoms with Gasteiger partial charge in [-0.05, 0) is 37.6 Å². The Morgan fingerprint density at radius 1 is 1.35 bits per heavy atom. The molecule has 0 aromatic heterocycles. The summed E-state index contributed by atoms with van der Waals surface area (Å²) >= 11 is 5.90. The van der Waals surface area contributed by atoms with Crippen LogP contribution in [0.25, 0.3) is 0 Å². The number of amides is 1. The fraction of sp³-hybridized carbons (Fsp3) is 0.429. The molecule has 1 aromatic carbocycles. The monoisotopic (exact) mass is 299 g/mol. The van der Waals surface area contributed by atoms with Gasteiger partial charge in [0.25, 0.3) is 5.91 Å². The Bertz CT molecular complexity index is 490. The Morgan fingerprint density at radius 2 is 2.05 bits per heavy atom. The van der Waals surface area contributed by atoms with Crippen LogP contribution in [-0.4, -0.2) is 43.6 Å². The maximum atomic E-state index is 11.8. The van der Waals surface area contributed by atoms with Gasteiger partial charge >= 0.3 is 5.97 Å². The van der Waals surface area contributed by atoms with Gasteiger partial charge in [0, 0.05) is 12.1 Å². The SMILES string of the molecule is CCOC(=O)CN(C)C(=O)COc1ccc(Cl)c(C)c1. The van der Waals surface area contributed by atoms with E-state index in [4.69, 9.17) is 21.1 Å². The smallest absolute Gasteiger partial charge is 0.325 e. The first-order valence-electron chi connectivity index (χ1n) is 6.22. The third-order valence-corrected chi connectivity index (χ3v) is 3.01. The number of hydrogen-bond acceptors (Lipinski definition) is 4. The summed E-state index contributed by atoms with van der Waals surface area (Å²) < 4.78 is 10.1. The molecule has 0 aliphatic heterocycles. The molecular weight excluding hydrogens is 282 g/mol. The lowest BCUT2D eigenvalue weighted by atomic mass is 10.2. The quantitative estimate of drug-likeness (QED) is 0.754. The minimum atomic E-state index is -0.439. The van der Waals surface area contributed by atoms with Crippen molar-refractivity contribution in [3.63, 3.8) is 0 Å². The van der Waals surface area contributed by atoms with Gasteiger partial charge in [0.1, 0.15) is 12.3 Å². The average Bonchev–Trinajstić information content (AvgIpc) is 2.39. The fourth-order valence-electron chi connectivity index (χ4n) is 1.45. The molecule has 0 spiro atoms. The lowest BCUT2D eigenvalue weighted by molar-refractivity contribution is -0.148. The molecule has 0 atom stereocenters. The van der Waals surface area contributed by atoms with Gasteiger partial charge in [-0.1, -0.05) is 11.6 Å². The van der Waals surface area contributed by atoms with Crippen LogP contribution in [0.2, 0.25) is 5.02 Å². The Balaban J connectivity index is 2.46. The molecule has 0 saturated heterocycles. The van der Waals surface area contributed by atoms with E-state index in [2.05, 4.69) is 0 Å². The maximum absolute atomic E-state index is 11.8. The van der Waals surface area contributed by atoms with Gasteiger partial charge in [-0.25, -0.2) is 0 Å². The number of esters is 1. The molecule has 1 amide bonds. The number of nitrogens with zero attached hydrogens (tertiary/aromatic N) is 1. The number of rotatable bonds is 6. The molecule has 0 heterocycles. The highest BCUT2D eigenvalue weighted by Crippen LogP contribution is 2.20. The molecular formula is C14H18ClNO4. The highest BCUT2D eigenvalue weighted by Gasteiger charge is 2.14. The van der Waals surface area contributed by atoms with Crippen molar-refractivity contribution in [2.75, 3.05) is 26.8 Å². The van der Waals surface area contributed by atoms with Crippen LogP contribution in [0.15, 0.2) is 18.2 Å². The molecule has 6 heteroatoms. The molecule has 0 N–H and O–H groups in total. The van der Waals surface area contributed by atoms with Gasteiger partial charge in [-0.3, -0.25) is 9.59 Å². The zero-order valence-corrected chi connectivity index (χ0v) is 12.6. The van der Waals surface area contributed by atoms with Crippen LogP contribution in [0, 0.1) is 6.92 Å². The maximum Gasteiger partial charge on any atom is 0.325 e. The second kappa shape index (κ2) is 7.75. The van der Waals surface area contributed by atoms with E-state index in [1.54, 1.807) is 25.1 Å². The summed E-state index contributed by atoms with van der Waals surface area (Å²) in [6.07, 6.45) is 0. The van der Waals surface area contributed by atoms with Crippen molar-refractivity contribution in [2.45, 2.75) is 13.8 Å². The van der Waals surface area contributed by atoms with Gasteiger partial charge in [0.05, 0.1) is 6.61 Å². The van der Waals surface area contributed by atoms with Crippen molar-refractivity contribution in [2.24, 2.45) is 0 Å². The van der Waals surface area contributed by atoms with Crippen LogP contribution >= 0.6 is 11.6 Å². The van der Waals surface area contributed by atoms with Gasteiger partial charge < -0.3 is 14.4 Å². The molecule has 0 aliphatic rings. The van der Waals surface area contributed by atoms with Crippen LogP contribution in [0.3, 0.4) is 0 Å². The summed E-state index contributed by atoms with van der Waals surface area (Å²) in [6, 6.07) is 5.15. The number of carbonyl (C=O) groups is 2. The minimum absolute atomic E-state index is 0.0876. The lowest BCUT2D eigenvalue weighted by Gasteiger charge is -2.16. The summed E-state index contributed by atoms with van der Waals surface area (Å²) in [7, 11) is 1.52. The minimum Gasteiger partial charge on any atom is -0.484 e. The topological polar surface area (TPSA) is 55.8 Å². The third kappa shape index (κ3) is 5.09. The highest BCUT2D eigenvalue weighted by molar-refractivity contribution is 6.31. The molecule has 0 saturated carbocycles. The third-order valence-electron chi connectivity index (χ3n) is 2.59. The summed E-state index contributed by atoms with van der Waals surface area (Å²) in [5.74, 6) is -0.180. The van der Waals surface area contributed by atoms with E-state index in [1.165, 1.54) is 11.9 Å². The number of ether oxygens (including phenoxy) is 2. The van der Waals surface area contributed by atoms with Crippen molar-refractivity contribution >= 4 is 23.5 Å². The largest absolute Gasteiger partial charge is 0.484 e. The van der Waals surface area contributed by atoms with Gasteiger partial charge in [0.2, 0.25) is 0 Å². The Hall–Kier alpha value is -1.75. The molecule has 5 nitrogen and oxygen atoms in total. The van der Waals surface area contributed by atoms with Crippen molar-refractivity contribution in [3.05, 3.63) is 28.8 Å². The van der Waals surface area contributed by atoms with E-state index in [9.17, 15) is 9.59 Å². The molecule has 0 aliphatic carbocycles. The van der Waals surface area contributed by atoms with E-state index >= 15 is 0 Å². The van der Waals surface area contributed by atoms with Crippen LogP contribution in [0.4, 0.5) is 0 Å². The highest BCUT2D eigenvalue weighted by atomic mass is 35.5. The molecule has 0 fully saturated rings. The van der Waals surface area contributed by atoms with E-state index in [-0.39, 0.29) is 19.1 Å². The van der Waals surface area contributed by atoms with Crippen molar-refractivity contribution < 1.29 is 19.1 Å². The van der Waals surface area contributed by atoms with Crippen LogP contribution in [0.5, 0.6) is 5.75 Å². The Labute approximate surface area is 123 Å². The Kier molecular flexibility index (Phi) is 6.31. The number of halogens is 1. The molecule has 20 heavy (non-hydrogen) atoms. The van der Waals surface area contributed by atoms with E-state index in [0.717, 1.165) is 5.56 Å². The summed E-state index contributed by atoms with van der Waals surface area (Å²) in [5.41, 5.74) is 0.872. The standard InChI is InChI=1S/C14H18ClNO4/c1-4-19-14(18)8-16(3)13(17)9-20-11-5-6-12(15)10(2)7-11/h5-7H,4,8-9H2,1-3H3. The zero-order valence-electron chi connectivity index (χ0n) is 11.8. The second-order valence-electron chi connectivity index (χ2n) is 4.25. The number of aryl methyl sites for hydroxylation is 1. The fourth-order valence-corrected chi connectivity index (χ4v) is 1.57. The molecule has 0 radical (unpaired) electrons. The van der Waals surface area contributed by atoms with Gasteiger partial charge in [-0.15, -0.1) is 0 Å². The molecule has 0 bridgehead atoms. The van der Waals surface area contributed by atoms with Crippen LogP contribution < -0.4 is 4.74 Å². The zero-order chi connectivity index (χ0) is 15.1. The molecule has 1 rings (SSSR count). The van der Waals surface area contributed by atoms with E-state index in [0.29, 0.717) is 17.4 Å². The van der Waals surface area contributed by atoms with Crippen LogP contribution in [0.1, 0.15) is 12.5 Å². The van der Waals surface area contributed by atoms with E-state index in [1.807, 2.05) is 6.92 Å².